The van der Waals surface area contributed by atoms with Crippen molar-refractivity contribution in [1.29, 1.82) is 0 Å². The number of aromatic nitrogens is 6. The summed E-state index contributed by atoms with van der Waals surface area (Å²) in [6.45, 7) is 10.6. The number of piperazine rings is 1. The molecule has 4 heterocycles. The molecule has 0 atom stereocenters. The van der Waals surface area contributed by atoms with Crippen LogP contribution in [0.5, 0.6) is 0 Å². The van der Waals surface area contributed by atoms with E-state index in [4.69, 9.17) is 4.98 Å². The Bertz CT molecular complexity index is 1300. The molecule has 3 aromatic heterocycles. The molecule has 0 bridgehead atoms. The van der Waals surface area contributed by atoms with E-state index in [1.165, 1.54) is 16.9 Å². The number of thiazole rings is 1. The molecule has 1 saturated heterocycles. The fraction of sp³-hybridized carbons (Fsp3) is 0.435. The molecule has 0 saturated carbocycles. The van der Waals surface area contributed by atoms with Crippen LogP contribution in [0.1, 0.15) is 30.8 Å². The van der Waals surface area contributed by atoms with Gasteiger partial charge in [0.05, 0.1) is 5.69 Å². The molecule has 172 valence electrons. The molecule has 1 fully saturated rings. The van der Waals surface area contributed by atoms with Gasteiger partial charge < -0.3 is 4.90 Å². The lowest BCUT2D eigenvalue weighted by atomic mass is 9.99. The number of aryl methyl sites for hydroxylation is 1. The average molecular weight is 465 g/mol. The number of aromatic amines is 1. The van der Waals surface area contributed by atoms with Gasteiger partial charge in [-0.05, 0) is 42.2 Å². The van der Waals surface area contributed by atoms with Gasteiger partial charge >= 0.3 is 0 Å². The number of rotatable bonds is 6. The van der Waals surface area contributed by atoms with Crippen molar-refractivity contribution in [2.45, 2.75) is 33.7 Å². The molecule has 0 amide bonds. The van der Waals surface area contributed by atoms with E-state index < -0.39 is 0 Å². The molecule has 1 aliphatic heterocycles. The maximum atomic E-state index is 12.5. The summed E-state index contributed by atoms with van der Waals surface area (Å²) in [7, 11) is 0. The molecule has 10 heteroatoms. The second-order valence-corrected chi connectivity index (χ2v) is 9.87. The van der Waals surface area contributed by atoms with Crippen LogP contribution in [-0.4, -0.2) is 61.1 Å². The van der Waals surface area contributed by atoms with Gasteiger partial charge in [-0.3, -0.25) is 14.1 Å². The van der Waals surface area contributed by atoms with Gasteiger partial charge in [0.25, 0.3) is 5.56 Å². The van der Waals surface area contributed by atoms with Crippen molar-refractivity contribution in [3.8, 4) is 11.4 Å². The summed E-state index contributed by atoms with van der Waals surface area (Å²) in [5.74, 6) is 1.21. The van der Waals surface area contributed by atoms with Crippen LogP contribution in [-0.2, 0) is 13.0 Å². The highest BCUT2D eigenvalue weighted by Gasteiger charge is 2.22. The number of nitrogens with one attached hydrogen (secondary N) is 1. The SMILES string of the molecule is Cc1csc2nc(CN3CCN(c4cc(CC(C)C)ccc4-c4nn[nH]n4)CC3)cc(=O)n12. The summed E-state index contributed by atoms with van der Waals surface area (Å²) in [5, 5.41) is 16.7. The predicted octanol–water partition coefficient (Wildman–Crippen LogP) is 2.77. The van der Waals surface area contributed by atoms with Crippen molar-refractivity contribution in [3.63, 3.8) is 0 Å². The highest BCUT2D eigenvalue weighted by molar-refractivity contribution is 7.15. The van der Waals surface area contributed by atoms with Crippen molar-refractivity contribution < 1.29 is 0 Å². The normalized spacial score (nSPS) is 15.1. The number of tetrazole rings is 1. The van der Waals surface area contributed by atoms with Crippen LogP contribution in [0.2, 0.25) is 0 Å². The Hall–Kier alpha value is -3.11. The van der Waals surface area contributed by atoms with Gasteiger partial charge in [-0.25, -0.2) is 4.98 Å². The fourth-order valence-corrected chi connectivity index (χ4v) is 5.35. The van der Waals surface area contributed by atoms with E-state index in [9.17, 15) is 4.79 Å². The van der Waals surface area contributed by atoms with Gasteiger partial charge in [-0.2, -0.15) is 5.21 Å². The molecule has 33 heavy (non-hydrogen) atoms. The smallest absolute Gasteiger partial charge is 0.259 e. The zero-order valence-corrected chi connectivity index (χ0v) is 20.0. The Morgan fingerprint density at radius 2 is 1.97 bits per heavy atom. The second-order valence-electron chi connectivity index (χ2n) is 9.03. The number of hydrogen-bond donors (Lipinski definition) is 1. The Morgan fingerprint density at radius 3 is 2.70 bits per heavy atom. The first-order valence-electron chi connectivity index (χ1n) is 11.3. The zero-order chi connectivity index (χ0) is 22.9. The average Bonchev–Trinajstić information content (AvgIpc) is 3.44. The Kier molecular flexibility index (Phi) is 5.94. The number of anilines is 1. The largest absolute Gasteiger partial charge is 0.368 e. The molecular weight excluding hydrogens is 436 g/mol. The summed E-state index contributed by atoms with van der Waals surface area (Å²) in [4.78, 5) is 22.7. The molecule has 0 radical (unpaired) electrons. The monoisotopic (exact) mass is 464 g/mol. The number of hydrogen-bond acceptors (Lipinski definition) is 8. The molecule has 4 aromatic rings. The summed E-state index contributed by atoms with van der Waals surface area (Å²) in [6.07, 6.45) is 1.03. The van der Waals surface area contributed by atoms with E-state index in [-0.39, 0.29) is 5.56 Å². The maximum absolute atomic E-state index is 12.5. The van der Waals surface area contributed by atoms with Gasteiger partial charge in [0, 0.05) is 61.1 Å². The first kappa shape index (κ1) is 21.7. The molecule has 9 nitrogen and oxygen atoms in total. The standard InChI is InChI=1S/C23H28N8OS/c1-15(2)10-17-4-5-19(22-25-27-28-26-22)20(11-17)30-8-6-29(7-9-30)13-18-12-21(32)31-16(3)14-33-23(31)24-18/h4-5,11-12,14-15H,6-10,13H2,1-3H3,(H,25,26,27,28). The minimum atomic E-state index is -0.000827. The van der Waals surface area contributed by atoms with Crippen LogP contribution in [0.3, 0.4) is 0 Å². The summed E-state index contributed by atoms with van der Waals surface area (Å²) in [6, 6.07) is 8.22. The van der Waals surface area contributed by atoms with Crippen LogP contribution >= 0.6 is 11.3 Å². The van der Waals surface area contributed by atoms with Crippen molar-refractivity contribution in [2.24, 2.45) is 5.92 Å². The van der Waals surface area contributed by atoms with Crippen LogP contribution in [0.4, 0.5) is 5.69 Å². The summed E-state index contributed by atoms with van der Waals surface area (Å²) >= 11 is 1.51. The predicted molar refractivity (Wildman–Crippen MR) is 130 cm³/mol. The highest BCUT2D eigenvalue weighted by atomic mass is 32.1. The van der Waals surface area contributed by atoms with E-state index in [1.54, 1.807) is 10.5 Å². The van der Waals surface area contributed by atoms with Crippen molar-refractivity contribution >= 4 is 22.0 Å². The van der Waals surface area contributed by atoms with Crippen LogP contribution in [0.25, 0.3) is 16.3 Å². The number of H-pyrrole nitrogens is 1. The first-order chi connectivity index (χ1) is 16.0. The fourth-order valence-electron chi connectivity index (χ4n) is 4.46. The lowest BCUT2D eigenvalue weighted by Crippen LogP contribution is -2.46. The molecule has 0 unspecified atom stereocenters. The molecule has 5 rings (SSSR count). The topological polar surface area (TPSA) is 95.3 Å². The lowest BCUT2D eigenvalue weighted by molar-refractivity contribution is 0.247. The minimum Gasteiger partial charge on any atom is -0.368 e. The van der Waals surface area contributed by atoms with E-state index in [0.29, 0.717) is 18.3 Å². The lowest BCUT2D eigenvalue weighted by Gasteiger charge is -2.36. The van der Waals surface area contributed by atoms with Crippen LogP contribution in [0.15, 0.2) is 34.4 Å². The van der Waals surface area contributed by atoms with Crippen molar-refractivity contribution in [2.75, 3.05) is 31.1 Å². The number of nitrogens with zero attached hydrogens (tertiary/aromatic N) is 7. The quantitative estimate of drug-likeness (QED) is 0.469. The van der Waals surface area contributed by atoms with Gasteiger partial charge in [0.1, 0.15) is 0 Å². The van der Waals surface area contributed by atoms with Gasteiger partial charge in [-0.15, -0.1) is 21.5 Å². The second kappa shape index (κ2) is 9.03. The number of fused-ring (bicyclic) bond motifs is 1. The minimum absolute atomic E-state index is 0.000827. The molecule has 1 N–H and O–H groups in total. The maximum Gasteiger partial charge on any atom is 0.259 e. The first-order valence-corrected chi connectivity index (χ1v) is 12.2. The van der Waals surface area contributed by atoms with Gasteiger partial charge in [-0.1, -0.05) is 19.9 Å². The third-order valence-electron chi connectivity index (χ3n) is 6.02. The van der Waals surface area contributed by atoms with Crippen molar-refractivity contribution in [1.82, 2.24) is 34.9 Å². The third kappa shape index (κ3) is 4.53. The highest BCUT2D eigenvalue weighted by Crippen LogP contribution is 2.31. The molecule has 0 aliphatic carbocycles. The Labute approximate surface area is 196 Å². The molecule has 0 spiro atoms. The molecule has 1 aromatic carbocycles. The van der Waals surface area contributed by atoms with Gasteiger partial charge in [0.15, 0.2) is 4.96 Å². The van der Waals surface area contributed by atoms with Crippen molar-refractivity contribution in [3.05, 3.63) is 57.0 Å². The van der Waals surface area contributed by atoms with E-state index in [0.717, 1.165) is 60.2 Å². The number of benzene rings is 1. The molecular formula is C23H28N8OS. The van der Waals surface area contributed by atoms with E-state index in [1.807, 2.05) is 12.3 Å². The zero-order valence-electron chi connectivity index (χ0n) is 19.2. The van der Waals surface area contributed by atoms with Gasteiger partial charge in [0.2, 0.25) is 5.82 Å². The Balaban J connectivity index is 1.33. The Morgan fingerprint density at radius 1 is 1.15 bits per heavy atom. The van der Waals surface area contributed by atoms with E-state index >= 15 is 0 Å². The summed E-state index contributed by atoms with van der Waals surface area (Å²) in [5.41, 5.74) is 5.24. The van der Waals surface area contributed by atoms with E-state index in [2.05, 4.69) is 62.5 Å². The third-order valence-corrected chi connectivity index (χ3v) is 6.96. The van der Waals surface area contributed by atoms with Crippen LogP contribution in [0, 0.1) is 12.8 Å². The van der Waals surface area contributed by atoms with Crippen LogP contribution < -0.4 is 10.5 Å². The summed E-state index contributed by atoms with van der Waals surface area (Å²) < 4.78 is 1.68. The molecule has 1 aliphatic rings.